The van der Waals surface area contributed by atoms with E-state index in [0.717, 1.165) is 58.8 Å². The molecule has 4 N–H and O–H groups in total. The van der Waals surface area contributed by atoms with Crippen molar-refractivity contribution in [3.05, 3.63) is 57.8 Å². The minimum Gasteiger partial charge on any atom is -0.328 e. The number of hydrogen-bond donors (Lipinski definition) is 2. The van der Waals surface area contributed by atoms with Gasteiger partial charge in [-0.15, -0.1) is 0 Å². The first-order valence-electron chi connectivity index (χ1n) is 10.7. The Morgan fingerprint density at radius 3 is 2.48 bits per heavy atom. The molecule has 2 aromatic heterocycles. The minimum absolute atomic E-state index is 0.162. The molecule has 3 aromatic rings. The number of fused-ring (bicyclic) bond motifs is 1. The standard InChI is InChI=1S/C23H29BrN4O2S/c1-3-4-17-13-19-21(23(26)11-9-16(25)10-12-23)20(24)14-27-22(19)28(17)31(29,30)18-7-5-15(2)6-8-18/h5-8,13-14,16H,3-4,9-12,25-26H2,1-2H3. The number of hydrogen-bond acceptors (Lipinski definition) is 5. The fraction of sp³-hybridized carbons (Fsp3) is 0.435. The number of rotatable bonds is 5. The summed E-state index contributed by atoms with van der Waals surface area (Å²) < 4.78 is 29.6. The topological polar surface area (TPSA) is 104 Å². The third-order valence-electron chi connectivity index (χ3n) is 6.30. The van der Waals surface area contributed by atoms with Crippen molar-refractivity contribution in [3.63, 3.8) is 0 Å². The molecule has 8 heteroatoms. The average Bonchev–Trinajstić information content (AvgIpc) is 3.09. The highest BCUT2D eigenvalue weighted by atomic mass is 79.9. The van der Waals surface area contributed by atoms with E-state index in [0.29, 0.717) is 12.1 Å². The van der Waals surface area contributed by atoms with Crippen LogP contribution in [-0.4, -0.2) is 23.4 Å². The van der Waals surface area contributed by atoms with Gasteiger partial charge in [0.2, 0.25) is 0 Å². The highest BCUT2D eigenvalue weighted by Gasteiger charge is 2.37. The minimum atomic E-state index is -3.80. The van der Waals surface area contributed by atoms with E-state index in [2.05, 4.69) is 20.9 Å². The first-order chi connectivity index (χ1) is 14.7. The highest BCUT2D eigenvalue weighted by molar-refractivity contribution is 9.10. The number of benzene rings is 1. The van der Waals surface area contributed by atoms with Crippen LogP contribution in [0.25, 0.3) is 11.0 Å². The van der Waals surface area contributed by atoms with Gasteiger partial charge in [-0.2, -0.15) is 0 Å². The van der Waals surface area contributed by atoms with Crippen LogP contribution in [0.15, 0.2) is 45.9 Å². The van der Waals surface area contributed by atoms with E-state index in [1.807, 2.05) is 32.0 Å². The van der Waals surface area contributed by atoms with Crippen LogP contribution in [0.1, 0.15) is 55.8 Å². The zero-order valence-corrected chi connectivity index (χ0v) is 20.3. The Labute approximate surface area is 192 Å². The van der Waals surface area contributed by atoms with Crippen LogP contribution < -0.4 is 11.5 Å². The molecule has 0 amide bonds. The highest BCUT2D eigenvalue weighted by Crippen LogP contribution is 2.42. The summed E-state index contributed by atoms with van der Waals surface area (Å²) in [4.78, 5) is 4.81. The number of nitrogens with two attached hydrogens (primary N) is 2. The van der Waals surface area contributed by atoms with E-state index < -0.39 is 15.6 Å². The molecule has 0 aliphatic heterocycles. The molecule has 0 spiro atoms. The third kappa shape index (κ3) is 3.95. The lowest BCUT2D eigenvalue weighted by Crippen LogP contribution is -2.44. The van der Waals surface area contributed by atoms with Crippen LogP contribution in [0.2, 0.25) is 0 Å². The van der Waals surface area contributed by atoms with Gasteiger partial charge in [-0.05, 0) is 78.7 Å². The fourth-order valence-electron chi connectivity index (χ4n) is 4.58. The largest absolute Gasteiger partial charge is 0.328 e. The molecule has 1 saturated carbocycles. The van der Waals surface area contributed by atoms with E-state index in [1.165, 1.54) is 3.97 Å². The summed E-state index contributed by atoms with van der Waals surface area (Å²) in [6.45, 7) is 3.98. The molecule has 0 saturated heterocycles. The van der Waals surface area contributed by atoms with Gasteiger partial charge in [-0.1, -0.05) is 31.0 Å². The van der Waals surface area contributed by atoms with E-state index in [-0.39, 0.29) is 10.9 Å². The summed E-state index contributed by atoms with van der Waals surface area (Å²) in [5.74, 6) is 0. The Hall–Kier alpha value is -1.74. The quantitative estimate of drug-likeness (QED) is 0.537. The van der Waals surface area contributed by atoms with Crippen molar-refractivity contribution in [2.24, 2.45) is 11.5 Å². The summed E-state index contributed by atoms with van der Waals surface area (Å²) in [5, 5.41) is 0.798. The molecule has 166 valence electrons. The molecule has 0 bridgehead atoms. The Morgan fingerprint density at radius 2 is 1.87 bits per heavy atom. The maximum Gasteiger partial charge on any atom is 0.269 e. The maximum absolute atomic E-state index is 13.7. The smallest absolute Gasteiger partial charge is 0.269 e. The van der Waals surface area contributed by atoms with Gasteiger partial charge in [0.25, 0.3) is 10.0 Å². The van der Waals surface area contributed by atoms with Crippen LogP contribution in [-0.2, 0) is 22.0 Å². The molecule has 0 unspecified atom stereocenters. The number of pyridine rings is 1. The van der Waals surface area contributed by atoms with Crippen molar-refractivity contribution in [1.82, 2.24) is 8.96 Å². The van der Waals surface area contributed by atoms with Gasteiger partial charge in [0, 0.05) is 33.3 Å². The third-order valence-corrected chi connectivity index (χ3v) is 8.66. The molecule has 1 aliphatic rings. The zero-order valence-electron chi connectivity index (χ0n) is 17.9. The maximum atomic E-state index is 13.7. The molecule has 1 aliphatic carbocycles. The van der Waals surface area contributed by atoms with Crippen LogP contribution in [0, 0.1) is 6.92 Å². The van der Waals surface area contributed by atoms with Gasteiger partial charge in [-0.3, -0.25) is 0 Å². The molecule has 31 heavy (non-hydrogen) atoms. The zero-order chi connectivity index (χ0) is 22.4. The Morgan fingerprint density at radius 1 is 1.23 bits per heavy atom. The van der Waals surface area contributed by atoms with Gasteiger partial charge in [0.05, 0.1) is 4.90 Å². The van der Waals surface area contributed by atoms with E-state index >= 15 is 0 Å². The fourth-order valence-corrected chi connectivity index (χ4v) is 6.80. The van der Waals surface area contributed by atoms with Crippen molar-refractivity contribution in [2.75, 3.05) is 0 Å². The number of nitrogens with zero attached hydrogens (tertiary/aromatic N) is 2. The lowest BCUT2D eigenvalue weighted by Gasteiger charge is -2.37. The molecule has 0 atom stereocenters. The lowest BCUT2D eigenvalue weighted by molar-refractivity contribution is 0.278. The van der Waals surface area contributed by atoms with Crippen molar-refractivity contribution in [3.8, 4) is 0 Å². The SMILES string of the molecule is CCCc1cc2c(C3(N)CCC(N)CC3)c(Br)cnc2n1S(=O)(=O)c1ccc(C)cc1. The number of aromatic nitrogens is 2. The van der Waals surface area contributed by atoms with Gasteiger partial charge >= 0.3 is 0 Å². The van der Waals surface area contributed by atoms with Gasteiger partial charge in [-0.25, -0.2) is 17.4 Å². The monoisotopic (exact) mass is 504 g/mol. The summed E-state index contributed by atoms with van der Waals surface area (Å²) >= 11 is 3.65. The van der Waals surface area contributed by atoms with E-state index in [9.17, 15) is 8.42 Å². The summed E-state index contributed by atoms with van der Waals surface area (Å²) in [6.07, 6.45) is 6.32. The molecule has 2 heterocycles. The number of aryl methyl sites for hydroxylation is 2. The van der Waals surface area contributed by atoms with E-state index in [4.69, 9.17) is 11.5 Å². The first kappa shape index (κ1) is 22.5. The lowest BCUT2D eigenvalue weighted by atomic mass is 9.75. The molecule has 4 rings (SSSR count). The second-order valence-corrected chi connectivity index (χ2v) is 11.3. The second-order valence-electron chi connectivity index (χ2n) is 8.68. The second kappa shape index (κ2) is 8.31. The summed E-state index contributed by atoms with van der Waals surface area (Å²) in [6, 6.07) is 9.05. The average molecular weight is 505 g/mol. The van der Waals surface area contributed by atoms with Crippen molar-refractivity contribution >= 4 is 37.0 Å². The van der Waals surface area contributed by atoms with Gasteiger partial charge in [0.15, 0.2) is 5.65 Å². The normalized spacial score (nSPS) is 22.2. The van der Waals surface area contributed by atoms with E-state index in [1.54, 1.807) is 18.3 Å². The molecular formula is C23H29BrN4O2S. The number of halogens is 1. The van der Waals surface area contributed by atoms with Crippen LogP contribution in [0.3, 0.4) is 0 Å². The predicted octanol–water partition coefficient (Wildman–Crippen LogP) is 4.35. The van der Waals surface area contributed by atoms with Crippen molar-refractivity contribution in [2.45, 2.75) is 68.8 Å². The van der Waals surface area contributed by atoms with Gasteiger partial charge < -0.3 is 11.5 Å². The molecular weight excluding hydrogens is 476 g/mol. The Bertz CT molecular complexity index is 1210. The Balaban J connectivity index is 1.97. The van der Waals surface area contributed by atoms with Crippen molar-refractivity contribution in [1.29, 1.82) is 0 Å². The first-order valence-corrected chi connectivity index (χ1v) is 13.0. The molecule has 6 nitrogen and oxygen atoms in total. The molecule has 0 radical (unpaired) electrons. The van der Waals surface area contributed by atoms with Crippen LogP contribution in [0.5, 0.6) is 0 Å². The molecule has 1 fully saturated rings. The summed E-state index contributed by atoms with van der Waals surface area (Å²) in [5.41, 5.74) is 15.6. The van der Waals surface area contributed by atoms with Crippen molar-refractivity contribution < 1.29 is 8.42 Å². The van der Waals surface area contributed by atoms with Crippen LogP contribution >= 0.6 is 15.9 Å². The van der Waals surface area contributed by atoms with Gasteiger partial charge in [0.1, 0.15) is 0 Å². The molecule has 1 aromatic carbocycles. The summed E-state index contributed by atoms with van der Waals surface area (Å²) in [7, 11) is -3.80. The van der Waals surface area contributed by atoms with Crippen LogP contribution in [0.4, 0.5) is 0 Å². The Kier molecular flexibility index (Phi) is 6.02. The predicted molar refractivity (Wildman–Crippen MR) is 127 cm³/mol.